The van der Waals surface area contributed by atoms with E-state index in [1.165, 1.54) is 12.1 Å². The van der Waals surface area contributed by atoms with Crippen LogP contribution in [-0.2, 0) is 9.59 Å². The first kappa shape index (κ1) is 27.0. The summed E-state index contributed by atoms with van der Waals surface area (Å²) in [5.74, 6) is 0.358. The predicted molar refractivity (Wildman–Crippen MR) is 150 cm³/mol. The maximum atomic E-state index is 13.9. The molecule has 0 saturated carbocycles. The van der Waals surface area contributed by atoms with Gasteiger partial charge in [-0.1, -0.05) is 18.2 Å². The molecule has 5 rings (SSSR count). The van der Waals surface area contributed by atoms with E-state index in [9.17, 15) is 14.0 Å². The van der Waals surface area contributed by atoms with Gasteiger partial charge in [0.1, 0.15) is 11.6 Å². The standard InChI is InChI=1S/C32H31FN2O5/c1-18-29(32(37)35-23-10-12-24(38-2)13-11-23)30(19-5-8-22(33)9-6-19)31-25(34-18)15-21(16-26(31)36)20-7-14-27(39-3)28(17-20)40-4/h5-14,17,21,30,34H,15-16H2,1-4H3,(H,35,37). The molecule has 0 bridgehead atoms. The number of rotatable bonds is 7. The summed E-state index contributed by atoms with van der Waals surface area (Å²) in [6, 6.07) is 18.7. The maximum absolute atomic E-state index is 13.9. The lowest BCUT2D eigenvalue weighted by Crippen LogP contribution is -2.37. The summed E-state index contributed by atoms with van der Waals surface area (Å²) in [6.45, 7) is 1.83. The molecule has 1 aliphatic heterocycles. The number of ether oxygens (including phenoxy) is 3. The van der Waals surface area contributed by atoms with Gasteiger partial charge in [0.15, 0.2) is 17.3 Å². The van der Waals surface area contributed by atoms with E-state index in [2.05, 4.69) is 10.6 Å². The molecule has 2 atom stereocenters. The Morgan fingerprint density at radius 2 is 1.55 bits per heavy atom. The van der Waals surface area contributed by atoms with Crippen molar-refractivity contribution < 1.29 is 28.2 Å². The Balaban J connectivity index is 1.52. The van der Waals surface area contributed by atoms with Gasteiger partial charge in [0.05, 0.1) is 21.3 Å². The molecular formula is C32H31FN2O5. The van der Waals surface area contributed by atoms with Crippen LogP contribution < -0.4 is 24.8 Å². The number of allylic oxidation sites excluding steroid dienone is 3. The molecule has 0 fully saturated rings. The van der Waals surface area contributed by atoms with E-state index in [-0.39, 0.29) is 29.8 Å². The van der Waals surface area contributed by atoms with E-state index >= 15 is 0 Å². The second kappa shape index (κ2) is 11.3. The molecule has 1 heterocycles. The molecule has 206 valence electrons. The van der Waals surface area contributed by atoms with Crippen molar-refractivity contribution in [3.8, 4) is 17.2 Å². The minimum absolute atomic E-state index is 0.0647. The normalized spacial score (nSPS) is 18.6. The van der Waals surface area contributed by atoms with Crippen molar-refractivity contribution in [2.75, 3.05) is 26.6 Å². The van der Waals surface area contributed by atoms with Gasteiger partial charge >= 0.3 is 0 Å². The average molecular weight is 543 g/mol. The van der Waals surface area contributed by atoms with E-state index in [0.29, 0.717) is 51.8 Å². The summed E-state index contributed by atoms with van der Waals surface area (Å²) in [7, 11) is 4.74. The molecule has 2 aliphatic rings. The zero-order valence-electron chi connectivity index (χ0n) is 22.8. The third kappa shape index (κ3) is 5.17. The molecule has 1 amide bonds. The minimum atomic E-state index is -0.644. The minimum Gasteiger partial charge on any atom is -0.497 e. The van der Waals surface area contributed by atoms with Gasteiger partial charge in [0.2, 0.25) is 0 Å². The highest BCUT2D eigenvalue weighted by Gasteiger charge is 2.41. The van der Waals surface area contributed by atoms with Crippen molar-refractivity contribution in [1.82, 2.24) is 5.32 Å². The number of carbonyl (C=O) groups excluding carboxylic acids is 2. The van der Waals surface area contributed by atoms with Crippen molar-refractivity contribution in [2.24, 2.45) is 0 Å². The monoisotopic (exact) mass is 542 g/mol. The first-order valence-corrected chi connectivity index (χ1v) is 13.0. The molecule has 3 aromatic carbocycles. The molecule has 40 heavy (non-hydrogen) atoms. The number of methoxy groups -OCH3 is 3. The number of hydrogen-bond acceptors (Lipinski definition) is 6. The SMILES string of the molecule is COc1ccc(NC(=O)C2=C(C)NC3=C(C(=O)CC(c4ccc(OC)c(OC)c4)C3)C2c2ccc(F)cc2)cc1. The Morgan fingerprint density at radius 1 is 0.875 bits per heavy atom. The second-order valence-corrected chi connectivity index (χ2v) is 9.87. The molecule has 2 N–H and O–H groups in total. The van der Waals surface area contributed by atoms with Gasteiger partial charge in [-0.25, -0.2) is 4.39 Å². The Hall–Kier alpha value is -4.59. The van der Waals surface area contributed by atoms with Crippen LogP contribution >= 0.6 is 0 Å². The molecule has 0 radical (unpaired) electrons. The van der Waals surface area contributed by atoms with E-state index in [0.717, 1.165) is 11.3 Å². The number of anilines is 1. The zero-order valence-corrected chi connectivity index (χ0v) is 22.8. The first-order valence-electron chi connectivity index (χ1n) is 13.0. The largest absolute Gasteiger partial charge is 0.497 e. The fourth-order valence-corrected chi connectivity index (χ4v) is 5.54. The molecule has 0 aromatic heterocycles. The Kier molecular flexibility index (Phi) is 7.60. The van der Waals surface area contributed by atoms with E-state index < -0.39 is 5.92 Å². The summed E-state index contributed by atoms with van der Waals surface area (Å²) in [6.07, 6.45) is 0.832. The van der Waals surface area contributed by atoms with E-state index in [1.54, 1.807) is 57.7 Å². The van der Waals surface area contributed by atoms with Crippen molar-refractivity contribution in [1.29, 1.82) is 0 Å². The number of nitrogens with one attached hydrogen (secondary N) is 2. The molecule has 0 saturated heterocycles. The maximum Gasteiger partial charge on any atom is 0.254 e. The van der Waals surface area contributed by atoms with Crippen LogP contribution in [0.4, 0.5) is 10.1 Å². The van der Waals surface area contributed by atoms with Crippen LogP contribution in [0.1, 0.15) is 42.7 Å². The molecule has 3 aromatic rings. The molecule has 1 aliphatic carbocycles. The van der Waals surface area contributed by atoms with Crippen LogP contribution in [0.2, 0.25) is 0 Å². The summed E-state index contributed by atoms with van der Waals surface area (Å²) in [5.41, 5.74) is 4.58. The van der Waals surface area contributed by atoms with Gasteiger partial charge in [-0.3, -0.25) is 9.59 Å². The lowest BCUT2D eigenvalue weighted by molar-refractivity contribution is -0.116. The Morgan fingerprint density at radius 3 is 2.20 bits per heavy atom. The van der Waals surface area contributed by atoms with Crippen LogP contribution in [0.15, 0.2) is 89.3 Å². The molecular weight excluding hydrogens is 511 g/mol. The van der Waals surface area contributed by atoms with Crippen LogP contribution in [0, 0.1) is 5.82 Å². The Bertz CT molecular complexity index is 1510. The van der Waals surface area contributed by atoms with Gasteiger partial charge < -0.3 is 24.8 Å². The van der Waals surface area contributed by atoms with Gasteiger partial charge in [-0.05, 0) is 78.9 Å². The number of Topliss-reactive ketones (excluding diaryl/α,β-unsaturated/α-hetero) is 1. The van der Waals surface area contributed by atoms with Crippen LogP contribution in [0.3, 0.4) is 0 Å². The summed E-state index contributed by atoms with van der Waals surface area (Å²) in [4.78, 5) is 27.6. The number of amides is 1. The van der Waals surface area contributed by atoms with Crippen LogP contribution in [0.5, 0.6) is 17.2 Å². The van der Waals surface area contributed by atoms with E-state index in [4.69, 9.17) is 14.2 Å². The number of dihydropyridines is 1. The van der Waals surface area contributed by atoms with Crippen LogP contribution in [-0.4, -0.2) is 33.0 Å². The van der Waals surface area contributed by atoms with Crippen LogP contribution in [0.25, 0.3) is 0 Å². The third-order valence-electron chi connectivity index (χ3n) is 7.50. The molecule has 2 unspecified atom stereocenters. The van der Waals surface area contributed by atoms with Crippen molar-refractivity contribution in [3.05, 3.63) is 106 Å². The number of carbonyl (C=O) groups is 2. The lowest BCUT2D eigenvalue weighted by Gasteiger charge is -2.37. The second-order valence-electron chi connectivity index (χ2n) is 9.87. The first-order chi connectivity index (χ1) is 19.3. The molecule has 8 heteroatoms. The van der Waals surface area contributed by atoms with Gasteiger partial charge in [-0.2, -0.15) is 0 Å². The molecule has 7 nitrogen and oxygen atoms in total. The lowest BCUT2D eigenvalue weighted by atomic mass is 9.71. The molecule has 0 spiro atoms. The topological polar surface area (TPSA) is 85.9 Å². The number of ketones is 1. The number of benzene rings is 3. The predicted octanol–water partition coefficient (Wildman–Crippen LogP) is 5.85. The van der Waals surface area contributed by atoms with Crippen molar-refractivity contribution in [3.63, 3.8) is 0 Å². The highest BCUT2D eigenvalue weighted by molar-refractivity contribution is 6.10. The van der Waals surface area contributed by atoms with Crippen molar-refractivity contribution >= 4 is 17.4 Å². The zero-order chi connectivity index (χ0) is 28.4. The van der Waals surface area contributed by atoms with E-state index in [1.807, 2.05) is 25.1 Å². The summed E-state index contributed by atoms with van der Waals surface area (Å²) in [5, 5.41) is 6.32. The fourth-order valence-electron chi connectivity index (χ4n) is 5.54. The summed E-state index contributed by atoms with van der Waals surface area (Å²) >= 11 is 0. The van der Waals surface area contributed by atoms with Crippen molar-refractivity contribution in [2.45, 2.75) is 31.6 Å². The fraction of sp³-hybridized carbons (Fsp3) is 0.250. The Labute approximate surface area is 232 Å². The van der Waals surface area contributed by atoms with Gasteiger partial charge in [0, 0.05) is 40.6 Å². The van der Waals surface area contributed by atoms with Gasteiger partial charge in [-0.15, -0.1) is 0 Å². The smallest absolute Gasteiger partial charge is 0.254 e. The highest BCUT2D eigenvalue weighted by atomic mass is 19.1. The third-order valence-corrected chi connectivity index (χ3v) is 7.50. The number of hydrogen-bond donors (Lipinski definition) is 2. The highest BCUT2D eigenvalue weighted by Crippen LogP contribution is 2.46. The summed E-state index contributed by atoms with van der Waals surface area (Å²) < 4.78 is 29.9. The average Bonchev–Trinajstić information content (AvgIpc) is 2.96. The van der Waals surface area contributed by atoms with Gasteiger partial charge in [0.25, 0.3) is 5.91 Å². The quantitative estimate of drug-likeness (QED) is 0.390. The number of halogens is 1.